The molecule has 0 aliphatic heterocycles. The topological polar surface area (TPSA) is 90.7 Å². The van der Waals surface area contributed by atoms with Crippen LogP contribution in [0.15, 0.2) is 10.5 Å². The number of nitrogens with one attached hydrogen (secondary N) is 1. The Kier molecular flexibility index (Phi) is 4.87. The highest BCUT2D eigenvalue weighted by molar-refractivity contribution is 6.30. The number of halogens is 1. The van der Waals surface area contributed by atoms with Crippen LogP contribution in [-0.2, 0) is 9.47 Å². The van der Waals surface area contributed by atoms with Crippen molar-refractivity contribution in [1.82, 2.24) is 4.98 Å². The number of rotatable bonds is 4. The first kappa shape index (κ1) is 16.1. The van der Waals surface area contributed by atoms with Crippen LogP contribution in [0, 0.1) is 6.92 Å². The number of carbonyl (C=O) groups excluding carboxylic acids is 2. The van der Waals surface area contributed by atoms with Crippen molar-refractivity contribution in [3.63, 3.8) is 0 Å². The zero-order valence-corrected chi connectivity index (χ0v) is 13.1. The molecule has 1 N–H and O–H groups in total. The van der Waals surface area contributed by atoms with E-state index in [0.29, 0.717) is 16.7 Å². The molecule has 0 saturated carbocycles. The minimum absolute atomic E-state index is 0.128. The molecule has 7 nitrogen and oxygen atoms in total. The van der Waals surface area contributed by atoms with E-state index in [4.69, 9.17) is 25.5 Å². The van der Waals surface area contributed by atoms with Gasteiger partial charge in [0.2, 0.25) is 5.76 Å². The van der Waals surface area contributed by atoms with Crippen molar-refractivity contribution in [3.05, 3.63) is 22.7 Å². The van der Waals surface area contributed by atoms with Gasteiger partial charge in [-0.3, -0.25) is 5.32 Å². The Morgan fingerprint density at radius 2 is 2.00 bits per heavy atom. The molecule has 0 atom stereocenters. The fourth-order valence-electron chi connectivity index (χ4n) is 1.95. The summed E-state index contributed by atoms with van der Waals surface area (Å²) in [6.45, 7) is 5.39. The monoisotopic (exact) mass is 326 g/mol. The number of esters is 1. The summed E-state index contributed by atoms with van der Waals surface area (Å²) < 4.78 is 15.3. The molecule has 0 fully saturated rings. The lowest BCUT2D eigenvalue weighted by Crippen LogP contribution is -2.15. The average molecular weight is 327 g/mol. The average Bonchev–Trinajstić information content (AvgIpc) is 2.78. The molecule has 1 amide bonds. The summed E-state index contributed by atoms with van der Waals surface area (Å²) in [6, 6.07) is 1.50. The smallest absolute Gasteiger partial charge is 0.411 e. The Labute approximate surface area is 131 Å². The summed E-state index contributed by atoms with van der Waals surface area (Å²) in [5.74, 6) is -0.821. The fourth-order valence-corrected chi connectivity index (χ4v) is 2.18. The Balaban J connectivity index is 2.58. The second-order valence-corrected chi connectivity index (χ2v) is 4.67. The summed E-state index contributed by atoms with van der Waals surface area (Å²) in [5, 5.41) is 3.15. The predicted octanol–water partition coefficient (Wildman–Crippen LogP) is 3.53. The maximum absolute atomic E-state index is 12.0. The van der Waals surface area contributed by atoms with Gasteiger partial charge in [0, 0.05) is 5.39 Å². The van der Waals surface area contributed by atoms with Crippen LogP contribution in [0.3, 0.4) is 0 Å². The van der Waals surface area contributed by atoms with Crippen LogP contribution in [0.25, 0.3) is 11.0 Å². The second-order valence-electron chi connectivity index (χ2n) is 4.28. The van der Waals surface area contributed by atoms with Crippen LogP contribution >= 0.6 is 11.6 Å². The number of fused-ring (bicyclic) bond motifs is 1. The highest BCUT2D eigenvalue weighted by Crippen LogP contribution is 2.34. The summed E-state index contributed by atoms with van der Waals surface area (Å²) in [5.41, 5.74) is 0.989. The first-order valence-corrected chi connectivity index (χ1v) is 7.06. The fraction of sp³-hybridized carbons (Fsp3) is 0.357. The van der Waals surface area contributed by atoms with Gasteiger partial charge in [-0.25, -0.2) is 14.6 Å². The van der Waals surface area contributed by atoms with Gasteiger partial charge >= 0.3 is 12.1 Å². The summed E-state index contributed by atoms with van der Waals surface area (Å²) in [7, 11) is 0. The summed E-state index contributed by atoms with van der Waals surface area (Å²) >= 11 is 5.93. The van der Waals surface area contributed by atoms with Gasteiger partial charge in [0.05, 0.1) is 18.9 Å². The third-order valence-electron chi connectivity index (χ3n) is 2.78. The molecule has 0 spiro atoms. The number of carbonyl (C=O) groups is 2. The zero-order chi connectivity index (χ0) is 16.3. The van der Waals surface area contributed by atoms with E-state index in [1.54, 1.807) is 20.8 Å². The quantitative estimate of drug-likeness (QED) is 0.682. The minimum Gasteiger partial charge on any atom is -0.460 e. The number of furan rings is 1. The maximum Gasteiger partial charge on any atom is 0.411 e. The Morgan fingerprint density at radius 1 is 1.32 bits per heavy atom. The van der Waals surface area contributed by atoms with Gasteiger partial charge in [-0.15, -0.1) is 0 Å². The Hall–Kier alpha value is -2.28. The van der Waals surface area contributed by atoms with Crippen molar-refractivity contribution in [2.45, 2.75) is 20.8 Å². The minimum atomic E-state index is -0.707. The van der Waals surface area contributed by atoms with Crippen molar-refractivity contribution in [2.75, 3.05) is 18.5 Å². The van der Waals surface area contributed by atoms with E-state index in [-0.39, 0.29) is 29.8 Å². The molecule has 0 unspecified atom stereocenters. The van der Waals surface area contributed by atoms with Crippen molar-refractivity contribution in [2.24, 2.45) is 0 Å². The van der Waals surface area contributed by atoms with Gasteiger partial charge in [-0.05, 0) is 26.8 Å². The third kappa shape index (κ3) is 3.14. The number of aromatic nitrogens is 1. The number of anilines is 1. The molecular formula is C14H15ClN2O5. The predicted molar refractivity (Wildman–Crippen MR) is 80.4 cm³/mol. The van der Waals surface area contributed by atoms with Crippen LogP contribution in [0.5, 0.6) is 0 Å². The highest BCUT2D eigenvalue weighted by atomic mass is 35.5. The van der Waals surface area contributed by atoms with E-state index in [1.807, 2.05) is 0 Å². The first-order chi connectivity index (χ1) is 10.5. The molecule has 0 aliphatic carbocycles. The number of nitrogens with zero attached hydrogens (tertiary/aromatic N) is 1. The lowest BCUT2D eigenvalue weighted by molar-refractivity contribution is 0.0494. The third-order valence-corrected chi connectivity index (χ3v) is 2.97. The molecule has 0 saturated heterocycles. The lowest BCUT2D eigenvalue weighted by Gasteiger charge is -2.05. The van der Waals surface area contributed by atoms with E-state index in [9.17, 15) is 9.59 Å². The molecule has 118 valence electrons. The molecule has 0 radical (unpaired) electrons. The van der Waals surface area contributed by atoms with Crippen molar-refractivity contribution < 1.29 is 23.5 Å². The van der Waals surface area contributed by atoms with E-state index in [2.05, 4.69) is 10.3 Å². The summed E-state index contributed by atoms with van der Waals surface area (Å²) in [4.78, 5) is 27.7. The number of pyridine rings is 1. The zero-order valence-electron chi connectivity index (χ0n) is 12.4. The number of hydrogen-bond donors (Lipinski definition) is 1. The Morgan fingerprint density at radius 3 is 2.64 bits per heavy atom. The first-order valence-electron chi connectivity index (χ1n) is 6.68. The lowest BCUT2D eigenvalue weighted by atomic mass is 10.2. The van der Waals surface area contributed by atoms with Gasteiger partial charge in [0.15, 0.2) is 5.58 Å². The van der Waals surface area contributed by atoms with Crippen LogP contribution in [0.2, 0.25) is 5.15 Å². The van der Waals surface area contributed by atoms with Crippen LogP contribution in [0.1, 0.15) is 30.1 Å². The van der Waals surface area contributed by atoms with Crippen molar-refractivity contribution >= 4 is 40.3 Å². The van der Waals surface area contributed by atoms with Crippen LogP contribution in [-0.4, -0.2) is 30.3 Å². The number of ether oxygens (including phenoxy) is 2. The molecule has 2 rings (SSSR count). The van der Waals surface area contributed by atoms with E-state index in [1.165, 1.54) is 6.07 Å². The molecule has 0 aromatic carbocycles. The highest BCUT2D eigenvalue weighted by Gasteiger charge is 2.25. The van der Waals surface area contributed by atoms with Gasteiger partial charge in [-0.2, -0.15) is 0 Å². The number of amides is 1. The molecule has 0 bridgehead atoms. The van der Waals surface area contributed by atoms with Gasteiger partial charge in [0.1, 0.15) is 10.8 Å². The molecule has 2 heterocycles. The molecule has 8 heteroatoms. The van der Waals surface area contributed by atoms with Gasteiger partial charge in [0.25, 0.3) is 0 Å². The maximum atomic E-state index is 12.0. The summed E-state index contributed by atoms with van der Waals surface area (Å²) in [6.07, 6.45) is -0.707. The normalized spacial score (nSPS) is 10.5. The Bertz CT molecular complexity index is 726. The van der Waals surface area contributed by atoms with E-state index in [0.717, 1.165) is 0 Å². The number of hydrogen-bond acceptors (Lipinski definition) is 6. The van der Waals surface area contributed by atoms with Gasteiger partial charge < -0.3 is 13.9 Å². The largest absolute Gasteiger partial charge is 0.460 e. The van der Waals surface area contributed by atoms with Crippen molar-refractivity contribution in [3.8, 4) is 0 Å². The molecule has 2 aromatic heterocycles. The molecule has 2 aromatic rings. The SMILES string of the molecule is CCOC(=O)Nc1c(C(=O)OCC)oc2c(C)nc(Cl)cc12. The molecule has 22 heavy (non-hydrogen) atoms. The molecular weight excluding hydrogens is 312 g/mol. The second kappa shape index (κ2) is 6.65. The van der Waals surface area contributed by atoms with Crippen LogP contribution in [0.4, 0.5) is 10.5 Å². The van der Waals surface area contributed by atoms with E-state index >= 15 is 0 Å². The van der Waals surface area contributed by atoms with Crippen LogP contribution < -0.4 is 5.32 Å². The van der Waals surface area contributed by atoms with E-state index < -0.39 is 12.1 Å². The van der Waals surface area contributed by atoms with Gasteiger partial charge in [-0.1, -0.05) is 11.6 Å². The standard InChI is InChI=1S/C14H15ClN2O5/c1-4-20-13(18)12-10(17-14(19)21-5-2)8-6-9(15)16-7(3)11(8)22-12/h6H,4-5H2,1-3H3,(H,17,19). The van der Waals surface area contributed by atoms with Crippen molar-refractivity contribution in [1.29, 1.82) is 0 Å². The molecule has 0 aliphatic rings. The number of aryl methyl sites for hydroxylation is 1.